The first-order valence-corrected chi connectivity index (χ1v) is 9.61. The van der Waals surface area contributed by atoms with Gasteiger partial charge in [-0.15, -0.1) is 0 Å². The first-order valence-electron chi connectivity index (χ1n) is 9.61. The van der Waals surface area contributed by atoms with E-state index in [4.69, 9.17) is 16.2 Å². The summed E-state index contributed by atoms with van der Waals surface area (Å²) in [6.07, 6.45) is 2.09. The minimum atomic E-state index is -1.15. The molecule has 0 aliphatic carbocycles. The quantitative estimate of drug-likeness (QED) is 0.213. The van der Waals surface area contributed by atoms with Gasteiger partial charge in [0.05, 0.1) is 12.7 Å². The third kappa shape index (κ3) is 3.31. The molecule has 0 spiro atoms. The largest absolute Gasteiger partial charge is 0.387 e. The fourth-order valence-electron chi connectivity index (χ4n) is 3.69. The van der Waals surface area contributed by atoms with Crippen molar-refractivity contribution in [3.8, 4) is 0 Å². The van der Waals surface area contributed by atoms with Crippen LogP contribution in [-0.2, 0) is 11.3 Å². The number of nitrogens with two attached hydrogens (primary N) is 2. The van der Waals surface area contributed by atoms with E-state index in [1.165, 1.54) is 19.0 Å². The van der Waals surface area contributed by atoms with Crippen molar-refractivity contribution in [3.63, 3.8) is 0 Å². The van der Waals surface area contributed by atoms with Gasteiger partial charge in [0.2, 0.25) is 0 Å². The molecule has 4 unspecified atom stereocenters. The van der Waals surface area contributed by atoms with E-state index >= 15 is 0 Å². The Labute approximate surface area is 174 Å². The molecule has 4 atom stereocenters. The normalized spacial score (nSPS) is 23.8. The van der Waals surface area contributed by atoms with Gasteiger partial charge in [0, 0.05) is 19.6 Å². The third-order valence-electron chi connectivity index (χ3n) is 5.30. The van der Waals surface area contributed by atoms with Crippen LogP contribution in [-0.4, -0.2) is 80.7 Å². The molecule has 162 valence electrons. The van der Waals surface area contributed by atoms with E-state index in [2.05, 4.69) is 35.2 Å². The highest BCUT2D eigenvalue weighted by Crippen LogP contribution is 2.31. The number of aliphatic hydroxyl groups is 2. The Hall–Kier alpha value is -3.46. The Balaban J connectivity index is 1.22. The molecule has 0 saturated carbocycles. The first-order chi connectivity index (χ1) is 15.0. The SMILES string of the molecule is Nc1ncnc2c1ncn2CCNCC1OC(n2cnc3c(N)ncnc32)C(O)C1O. The molecular weight excluding hydrogens is 406 g/mol. The molecule has 4 aromatic heterocycles. The zero-order valence-corrected chi connectivity index (χ0v) is 16.3. The second-order valence-electron chi connectivity index (χ2n) is 7.20. The Kier molecular flexibility index (Phi) is 4.82. The molecule has 14 heteroatoms. The highest BCUT2D eigenvalue weighted by atomic mass is 16.6. The zero-order valence-electron chi connectivity index (χ0n) is 16.3. The van der Waals surface area contributed by atoms with E-state index in [0.29, 0.717) is 47.8 Å². The molecule has 1 aliphatic rings. The van der Waals surface area contributed by atoms with Crippen molar-refractivity contribution in [2.75, 3.05) is 24.6 Å². The summed E-state index contributed by atoms with van der Waals surface area (Å²) in [7, 11) is 0. The molecule has 5 rings (SSSR count). The van der Waals surface area contributed by atoms with E-state index < -0.39 is 24.5 Å². The Morgan fingerprint density at radius 2 is 1.58 bits per heavy atom. The van der Waals surface area contributed by atoms with Crippen molar-refractivity contribution < 1.29 is 14.9 Å². The number of aliphatic hydroxyl groups excluding tert-OH is 2. The second-order valence-corrected chi connectivity index (χ2v) is 7.20. The first kappa shape index (κ1) is 19.5. The Bertz CT molecular complexity index is 1220. The summed E-state index contributed by atoms with van der Waals surface area (Å²) in [6.45, 7) is 1.45. The Morgan fingerprint density at radius 1 is 0.903 bits per heavy atom. The number of aromatic nitrogens is 8. The average molecular weight is 427 g/mol. The predicted octanol–water partition coefficient (Wildman–Crippen LogP) is -1.96. The number of nitrogens with zero attached hydrogens (tertiary/aromatic N) is 8. The number of hydrogen-bond acceptors (Lipinski definition) is 12. The van der Waals surface area contributed by atoms with Crippen molar-refractivity contribution in [3.05, 3.63) is 25.3 Å². The number of ether oxygens (including phenoxy) is 1. The van der Waals surface area contributed by atoms with Crippen LogP contribution in [0.15, 0.2) is 25.3 Å². The molecule has 0 bridgehead atoms. The smallest absolute Gasteiger partial charge is 0.167 e. The van der Waals surface area contributed by atoms with Gasteiger partial charge in [0.15, 0.2) is 29.2 Å². The van der Waals surface area contributed by atoms with Gasteiger partial charge in [-0.3, -0.25) is 4.57 Å². The molecule has 14 nitrogen and oxygen atoms in total. The molecule has 0 amide bonds. The van der Waals surface area contributed by atoms with Crippen molar-refractivity contribution in [2.45, 2.75) is 31.1 Å². The molecule has 4 aromatic rings. The lowest BCUT2D eigenvalue weighted by Gasteiger charge is -2.16. The maximum atomic E-state index is 10.5. The summed E-state index contributed by atoms with van der Waals surface area (Å²) >= 11 is 0. The number of nitrogen functional groups attached to an aromatic ring is 2. The lowest BCUT2D eigenvalue weighted by atomic mass is 10.1. The van der Waals surface area contributed by atoms with Crippen LogP contribution in [0, 0.1) is 0 Å². The summed E-state index contributed by atoms with van der Waals surface area (Å²) in [5.74, 6) is 0.562. The maximum Gasteiger partial charge on any atom is 0.167 e. The van der Waals surface area contributed by atoms with Crippen LogP contribution in [0.5, 0.6) is 0 Å². The van der Waals surface area contributed by atoms with Crippen molar-refractivity contribution >= 4 is 34.0 Å². The second kappa shape index (κ2) is 7.66. The van der Waals surface area contributed by atoms with Crippen LogP contribution < -0.4 is 16.8 Å². The number of imidazole rings is 2. The molecule has 1 fully saturated rings. The molecule has 0 aromatic carbocycles. The van der Waals surface area contributed by atoms with Gasteiger partial charge in [0.25, 0.3) is 0 Å². The standard InChI is InChI=1S/C17H21N11O3/c18-13-9-15(23-4-21-13)27(6-25-9)2-1-20-3-8-11(29)12(30)17(31-8)28-7-26-10-14(19)22-5-24-16(10)28/h4-8,11-12,17,20,29-30H,1-3H2,(H2,18,21,23)(H2,19,22,24). The van der Waals surface area contributed by atoms with Crippen LogP contribution in [0.25, 0.3) is 22.3 Å². The molecule has 0 radical (unpaired) electrons. The van der Waals surface area contributed by atoms with Gasteiger partial charge in [-0.25, -0.2) is 29.9 Å². The van der Waals surface area contributed by atoms with Crippen molar-refractivity contribution in [1.82, 2.24) is 44.4 Å². The summed E-state index contributed by atoms with van der Waals surface area (Å²) < 4.78 is 9.30. The van der Waals surface area contributed by atoms with Crippen molar-refractivity contribution in [2.24, 2.45) is 0 Å². The van der Waals surface area contributed by atoms with Gasteiger partial charge in [0.1, 0.15) is 42.0 Å². The van der Waals surface area contributed by atoms with E-state index in [-0.39, 0.29) is 5.82 Å². The fourth-order valence-corrected chi connectivity index (χ4v) is 3.69. The van der Waals surface area contributed by atoms with Crippen LogP contribution in [0.2, 0.25) is 0 Å². The van der Waals surface area contributed by atoms with Crippen LogP contribution in [0.1, 0.15) is 6.23 Å². The van der Waals surface area contributed by atoms with Crippen LogP contribution in [0.4, 0.5) is 11.6 Å². The molecule has 31 heavy (non-hydrogen) atoms. The molecular formula is C17H21N11O3. The van der Waals surface area contributed by atoms with E-state index in [1.54, 1.807) is 10.9 Å². The summed E-state index contributed by atoms with van der Waals surface area (Å²) in [6, 6.07) is 0. The van der Waals surface area contributed by atoms with E-state index in [9.17, 15) is 10.2 Å². The topological polar surface area (TPSA) is 201 Å². The molecule has 5 heterocycles. The molecule has 1 aliphatic heterocycles. The minimum Gasteiger partial charge on any atom is -0.387 e. The zero-order chi connectivity index (χ0) is 21.5. The number of rotatable bonds is 6. The Morgan fingerprint density at radius 3 is 2.35 bits per heavy atom. The van der Waals surface area contributed by atoms with Gasteiger partial charge < -0.3 is 36.3 Å². The van der Waals surface area contributed by atoms with Crippen LogP contribution in [0.3, 0.4) is 0 Å². The van der Waals surface area contributed by atoms with Crippen LogP contribution >= 0.6 is 0 Å². The average Bonchev–Trinajstić information content (AvgIpc) is 3.45. The highest BCUT2D eigenvalue weighted by molar-refractivity contribution is 5.81. The summed E-state index contributed by atoms with van der Waals surface area (Å²) in [5, 5.41) is 24.2. The monoisotopic (exact) mass is 427 g/mol. The van der Waals surface area contributed by atoms with Crippen molar-refractivity contribution in [1.29, 1.82) is 0 Å². The third-order valence-corrected chi connectivity index (χ3v) is 5.30. The molecule has 7 N–H and O–H groups in total. The van der Waals surface area contributed by atoms with Gasteiger partial charge in [-0.1, -0.05) is 0 Å². The summed E-state index contributed by atoms with van der Waals surface area (Å²) in [5.41, 5.74) is 13.6. The number of hydrogen-bond donors (Lipinski definition) is 5. The van der Waals surface area contributed by atoms with Gasteiger partial charge in [-0.2, -0.15) is 0 Å². The van der Waals surface area contributed by atoms with E-state index in [1.807, 2.05) is 4.57 Å². The number of fused-ring (bicyclic) bond motifs is 2. The number of nitrogens with one attached hydrogen (secondary N) is 1. The highest BCUT2D eigenvalue weighted by Gasteiger charge is 2.44. The fraction of sp³-hybridized carbons (Fsp3) is 0.412. The molecule has 1 saturated heterocycles. The lowest BCUT2D eigenvalue weighted by Crippen LogP contribution is -2.38. The predicted molar refractivity (Wildman–Crippen MR) is 108 cm³/mol. The maximum absolute atomic E-state index is 10.5. The number of anilines is 2. The summed E-state index contributed by atoms with van der Waals surface area (Å²) in [4.78, 5) is 24.6. The minimum absolute atomic E-state index is 0.231. The van der Waals surface area contributed by atoms with Gasteiger partial charge >= 0.3 is 0 Å². The van der Waals surface area contributed by atoms with Gasteiger partial charge in [-0.05, 0) is 0 Å². The lowest BCUT2D eigenvalue weighted by molar-refractivity contribution is -0.0341. The van der Waals surface area contributed by atoms with E-state index in [0.717, 1.165) is 0 Å².